The average molecular weight is 467 g/mol. The van der Waals surface area contributed by atoms with Crippen LogP contribution in [0.25, 0.3) is 0 Å². The van der Waals surface area contributed by atoms with Crippen LogP contribution in [0.4, 0.5) is 4.79 Å². The minimum atomic E-state index is -0.740. The van der Waals surface area contributed by atoms with Gasteiger partial charge in [0, 0.05) is 26.3 Å². The Morgan fingerprint density at radius 3 is 1.88 bits per heavy atom. The molecule has 4 aliphatic heterocycles. The summed E-state index contributed by atoms with van der Waals surface area (Å²) in [5.41, 5.74) is -2.07. The van der Waals surface area contributed by atoms with Gasteiger partial charge in [-0.25, -0.2) is 4.79 Å². The minimum Gasteiger partial charge on any atom is -0.469 e. The lowest BCUT2D eigenvalue weighted by Gasteiger charge is -2.43. The Morgan fingerprint density at radius 2 is 1.36 bits per heavy atom. The van der Waals surface area contributed by atoms with Crippen molar-refractivity contribution in [1.29, 1.82) is 0 Å². The summed E-state index contributed by atoms with van der Waals surface area (Å²) < 4.78 is 22.0. The SMILES string of the molecule is COCC12CCC(C[C@H]1C(=O)N1C3CCC1(COC)[C@H](C(=O)OC)C3)N2C(=O)OC(C)(C)C. The predicted molar refractivity (Wildman–Crippen MR) is 118 cm³/mol. The molecule has 33 heavy (non-hydrogen) atoms. The highest BCUT2D eigenvalue weighted by molar-refractivity contribution is 5.87. The molecule has 0 aromatic heterocycles. The molecule has 4 rings (SSSR count). The molecular weight excluding hydrogens is 428 g/mol. The van der Waals surface area contributed by atoms with Crippen molar-refractivity contribution in [2.75, 3.05) is 34.5 Å². The Balaban J connectivity index is 1.67. The molecule has 9 heteroatoms. The van der Waals surface area contributed by atoms with Crippen molar-refractivity contribution < 1.29 is 33.3 Å². The van der Waals surface area contributed by atoms with Crippen LogP contribution in [0.5, 0.6) is 0 Å². The Bertz CT molecular complexity index is 811. The lowest BCUT2D eigenvalue weighted by atomic mass is 9.75. The second-order valence-corrected chi connectivity index (χ2v) is 11.1. The van der Waals surface area contributed by atoms with Crippen LogP contribution in [0.15, 0.2) is 0 Å². The molecule has 0 radical (unpaired) electrons. The molecule has 4 heterocycles. The lowest BCUT2D eigenvalue weighted by molar-refractivity contribution is -0.154. The number of hydrogen-bond donors (Lipinski definition) is 0. The molecule has 0 aliphatic carbocycles. The van der Waals surface area contributed by atoms with Crippen LogP contribution in [0.2, 0.25) is 0 Å². The van der Waals surface area contributed by atoms with Crippen LogP contribution in [-0.4, -0.2) is 91.1 Å². The largest absolute Gasteiger partial charge is 0.469 e. The second-order valence-electron chi connectivity index (χ2n) is 11.1. The number of carbonyl (C=O) groups is 3. The molecule has 0 aromatic rings. The Kier molecular flexibility index (Phi) is 6.18. The standard InChI is InChI=1S/C24H38N2O7/c1-22(2,3)33-21(29)26-16-8-9-23(26,13-30-4)17(11-16)19(27)25-15-7-10-24(25,14-31-5)18(12-15)20(28)32-6/h15-18H,7-14H2,1-6H3/t15?,16?,17-,18-,23?,24?/m0/s1. The Morgan fingerprint density at radius 1 is 0.848 bits per heavy atom. The number of methoxy groups -OCH3 is 3. The van der Waals surface area contributed by atoms with Gasteiger partial charge in [0.05, 0.1) is 43.2 Å². The molecular formula is C24H38N2O7. The van der Waals surface area contributed by atoms with E-state index in [9.17, 15) is 14.4 Å². The maximum atomic E-state index is 14.3. The van der Waals surface area contributed by atoms with Gasteiger partial charge in [0.2, 0.25) is 5.91 Å². The average Bonchev–Trinajstić information content (AvgIpc) is 3.45. The van der Waals surface area contributed by atoms with Gasteiger partial charge in [0.15, 0.2) is 0 Å². The fourth-order valence-corrected chi connectivity index (χ4v) is 7.16. The zero-order valence-corrected chi connectivity index (χ0v) is 20.7. The van der Waals surface area contributed by atoms with E-state index in [4.69, 9.17) is 18.9 Å². The summed E-state index contributed by atoms with van der Waals surface area (Å²) >= 11 is 0. The summed E-state index contributed by atoms with van der Waals surface area (Å²) in [4.78, 5) is 43.8. The molecule has 4 fully saturated rings. The van der Waals surface area contributed by atoms with Gasteiger partial charge in [0.1, 0.15) is 5.60 Å². The topological polar surface area (TPSA) is 94.6 Å². The molecule has 0 spiro atoms. The highest BCUT2D eigenvalue weighted by Crippen LogP contribution is 2.56. The maximum Gasteiger partial charge on any atom is 0.411 e. The minimum absolute atomic E-state index is 0.00578. The summed E-state index contributed by atoms with van der Waals surface area (Å²) in [5.74, 6) is -1.10. The number of ether oxygens (including phenoxy) is 4. The van der Waals surface area contributed by atoms with Crippen molar-refractivity contribution in [2.24, 2.45) is 11.8 Å². The first-order chi connectivity index (χ1) is 15.5. The Hall–Kier alpha value is -1.87. The van der Waals surface area contributed by atoms with Crippen molar-refractivity contribution in [1.82, 2.24) is 9.80 Å². The molecule has 6 atom stereocenters. The van der Waals surface area contributed by atoms with E-state index in [1.54, 1.807) is 19.1 Å². The van der Waals surface area contributed by atoms with Crippen LogP contribution in [0, 0.1) is 11.8 Å². The van der Waals surface area contributed by atoms with Gasteiger partial charge < -0.3 is 23.8 Å². The van der Waals surface area contributed by atoms with E-state index in [1.165, 1.54) is 7.11 Å². The highest BCUT2D eigenvalue weighted by atomic mass is 16.6. The fourth-order valence-electron chi connectivity index (χ4n) is 7.16. The molecule has 4 bridgehead atoms. The van der Waals surface area contributed by atoms with Crippen LogP contribution in [0.1, 0.15) is 59.3 Å². The summed E-state index contributed by atoms with van der Waals surface area (Å²) in [6.45, 7) is 6.10. The number of rotatable bonds is 6. The summed E-state index contributed by atoms with van der Waals surface area (Å²) in [7, 11) is 4.60. The van der Waals surface area contributed by atoms with Crippen molar-refractivity contribution in [2.45, 2.75) is 88.1 Å². The summed E-state index contributed by atoms with van der Waals surface area (Å²) in [6.07, 6.45) is 3.84. The summed E-state index contributed by atoms with van der Waals surface area (Å²) in [6, 6.07) is -0.0792. The van der Waals surface area contributed by atoms with E-state index < -0.39 is 28.5 Å². The third-order valence-electron chi connectivity index (χ3n) is 8.22. The number of amides is 2. The van der Waals surface area contributed by atoms with E-state index in [2.05, 4.69) is 0 Å². The Labute approximate surface area is 196 Å². The molecule has 9 nitrogen and oxygen atoms in total. The van der Waals surface area contributed by atoms with Crippen molar-refractivity contribution in [3.05, 3.63) is 0 Å². The number of esters is 1. The molecule has 4 aliphatic rings. The van der Waals surface area contributed by atoms with Gasteiger partial charge >= 0.3 is 12.1 Å². The van der Waals surface area contributed by atoms with Gasteiger partial charge in [-0.1, -0.05) is 0 Å². The second kappa shape index (κ2) is 8.41. The third-order valence-corrected chi connectivity index (χ3v) is 8.22. The van der Waals surface area contributed by atoms with Crippen molar-refractivity contribution >= 4 is 18.0 Å². The quantitative estimate of drug-likeness (QED) is 0.555. The molecule has 186 valence electrons. The van der Waals surface area contributed by atoms with Gasteiger partial charge in [-0.15, -0.1) is 0 Å². The zero-order chi connectivity index (χ0) is 24.2. The van der Waals surface area contributed by atoms with E-state index in [-0.39, 0.29) is 43.3 Å². The molecule has 2 amide bonds. The van der Waals surface area contributed by atoms with Crippen LogP contribution in [-0.2, 0) is 28.5 Å². The van der Waals surface area contributed by atoms with Crippen molar-refractivity contribution in [3.8, 4) is 0 Å². The van der Waals surface area contributed by atoms with E-state index >= 15 is 0 Å². The monoisotopic (exact) mass is 466 g/mol. The third kappa shape index (κ3) is 3.62. The van der Waals surface area contributed by atoms with E-state index in [0.717, 1.165) is 12.8 Å². The van der Waals surface area contributed by atoms with Crippen LogP contribution in [0.3, 0.4) is 0 Å². The van der Waals surface area contributed by atoms with Gasteiger partial charge in [-0.05, 0) is 59.3 Å². The zero-order valence-electron chi connectivity index (χ0n) is 20.7. The summed E-state index contributed by atoms with van der Waals surface area (Å²) in [5, 5.41) is 0. The molecule has 0 saturated carbocycles. The lowest BCUT2D eigenvalue weighted by Crippen LogP contribution is -2.60. The van der Waals surface area contributed by atoms with Gasteiger partial charge in [0.25, 0.3) is 0 Å². The van der Waals surface area contributed by atoms with Gasteiger partial charge in [-0.3, -0.25) is 14.5 Å². The molecule has 0 aromatic carbocycles. The highest BCUT2D eigenvalue weighted by Gasteiger charge is 2.68. The van der Waals surface area contributed by atoms with Gasteiger partial charge in [-0.2, -0.15) is 0 Å². The number of fused-ring (bicyclic) bond motifs is 4. The first-order valence-electron chi connectivity index (χ1n) is 12.0. The number of hydrogen-bond acceptors (Lipinski definition) is 7. The maximum absolute atomic E-state index is 14.3. The first-order valence-corrected chi connectivity index (χ1v) is 12.0. The van der Waals surface area contributed by atoms with E-state index in [0.29, 0.717) is 25.7 Å². The predicted octanol–water partition coefficient (Wildman–Crippen LogP) is 2.36. The number of nitrogens with zero attached hydrogens (tertiary/aromatic N) is 2. The molecule has 0 N–H and O–H groups in total. The molecule has 4 unspecified atom stereocenters. The van der Waals surface area contributed by atoms with Crippen molar-refractivity contribution in [3.63, 3.8) is 0 Å². The normalized spacial score (nSPS) is 37.0. The van der Waals surface area contributed by atoms with Crippen LogP contribution < -0.4 is 0 Å². The smallest absolute Gasteiger partial charge is 0.411 e. The fraction of sp³-hybridized carbons (Fsp3) is 0.875. The van der Waals surface area contributed by atoms with Crippen LogP contribution >= 0.6 is 0 Å². The van der Waals surface area contributed by atoms with E-state index in [1.807, 2.05) is 25.7 Å². The first kappa shape index (κ1) is 24.3. The molecule has 4 saturated heterocycles. The number of carbonyl (C=O) groups excluding carboxylic acids is 3.